The first-order valence-corrected chi connectivity index (χ1v) is 6.52. The van der Waals surface area contributed by atoms with E-state index in [1.807, 2.05) is 0 Å². The molecule has 1 aliphatic carbocycles. The van der Waals surface area contributed by atoms with Crippen LogP contribution in [0.25, 0.3) is 0 Å². The summed E-state index contributed by atoms with van der Waals surface area (Å²) in [5, 5.41) is 3.84. The van der Waals surface area contributed by atoms with Crippen LogP contribution in [0.3, 0.4) is 0 Å². The summed E-state index contributed by atoms with van der Waals surface area (Å²) in [5.41, 5.74) is 2.79. The molecule has 1 aromatic heterocycles. The highest BCUT2D eigenvalue weighted by Gasteiger charge is 2.19. The molecule has 0 saturated carbocycles. The average molecular weight is 260 g/mol. The van der Waals surface area contributed by atoms with Crippen molar-refractivity contribution >= 4 is 17.4 Å². The van der Waals surface area contributed by atoms with Crippen LogP contribution in [0.2, 0.25) is 5.15 Å². The Morgan fingerprint density at radius 2 is 2.11 bits per heavy atom. The summed E-state index contributed by atoms with van der Waals surface area (Å²) in [6, 6.07) is 8.88. The lowest BCUT2D eigenvalue weighted by Gasteiger charge is -2.26. The third-order valence-electron chi connectivity index (χ3n) is 3.30. The Labute approximate surface area is 111 Å². The number of fused-ring (bicyclic) bond motifs is 1. The van der Waals surface area contributed by atoms with E-state index in [0.29, 0.717) is 11.2 Å². The topological polar surface area (TPSA) is 37.8 Å². The number of benzene rings is 1. The van der Waals surface area contributed by atoms with Crippen LogP contribution in [0.4, 0.5) is 5.82 Å². The summed E-state index contributed by atoms with van der Waals surface area (Å²) >= 11 is 5.85. The summed E-state index contributed by atoms with van der Waals surface area (Å²) in [5.74, 6) is 0.740. The first-order chi connectivity index (χ1) is 8.83. The minimum atomic E-state index is 0.308. The van der Waals surface area contributed by atoms with Crippen molar-refractivity contribution in [2.75, 3.05) is 5.32 Å². The standard InChI is InChI=1S/C14H14ClN3/c15-13-8-16-9-14(18-13)17-12-7-3-5-10-4-1-2-6-11(10)12/h1-2,4,6,8-9,12H,3,5,7H2,(H,17,18)/t12-/m1/s1. The second kappa shape index (κ2) is 4.94. The summed E-state index contributed by atoms with van der Waals surface area (Å²) in [6.07, 6.45) is 6.73. The molecule has 2 aromatic rings. The molecule has 18 heavy (non-hydrogen) atoms. The number of aryl methyl sites for hydroxylation is 1. The predicted octanol–water partition coefficient (Wildman–Crippen LogP) is 3.62. The normalized spacial score (nSPS) is 18.2. The molecule has 1 heterocycles. The van der Waals surface area contributed by atoms with Gasteiger partial charge >= 0.3 is 0 Å². The zero-order valence-corrected chi connectivity index (χ0v) is 10.7. The highest BCUT2D eigenvalue weighted by molar-refractivity contribution is 6.29. The molecule has 0 fully saturated rings. The predicted molar refractivity (Wildman–Crippen MR) is 72.8 cm³/mol. The Bertz CT molecular complexity index is 556. The van der Waals surface area contributed by atoms with Gasteiger partial charge in [-0.05, 0) is 30.4 Å². The van der Waals surface area contributed by atoms with Gasteiger partial charge in [0.2, 0.25) is 0 Å². The number of nitrogens with zero attached hydrogens (tertiary/aromatic N) is 2. The quantitative estimate of drug-likeness (QED) is 0.895. The van der Waals surface area contributed by atoms with Crippen molar-refractivity contribution in [1.82, 2.24) is 9.97 Å². The highest BCUT2D eigenvalue weighted by Crippen LogP contribution is 2.31. The van der Waals surface area contributed by atoms with Crippen molar-refractivity contribution in [3.63, 3.8) is 0 Å². The van der Waals surface area contributed by atoms with Crippen molar-refractivity contribution in [1.29, 1.82) is 0 Å². The number of halogens is 1. The number of aromatic nitrogens is 2. The van der Waals surface area contributed by atoms with Gasteiger partial charge in [0.05, 0.1) is 18.4 Å². The van der Waals surface area contributed by atoms with E-state index < -0.39 is 0 Å². The number of hydrogen-bond acceptors (Lipinski definition) is 3. The second-order valence-corrected chi connectivity index (χ2v) is 4.90. The van der Waals surface area contributed by atoms with Gasteiger partial charge in [0, 0.05) is 0 Å². The van der Waals surface area contributed by atoms with Crippen molar-refractivity contribution in [3.8, 4) is 0 Å². The van der Waals surface area contributed by atoms with Gasteiger partial charge in [-0.2, -0.15) is 0 Å². The highest BCUT2D eigenvalue weighted by atomic mass is 35.5. The molecule has 3 rings (SSSR count). The van der Waals surface area contributed by atoms with Gasteiger partial charge in [0.15, 0.2) is 0 Å². The maximum atomic E-state index is 5.85. The lowest BCUT2D eigenvalue weighted by molar-refractivity contribution is 0.598. The fraction of sp³-hybridized carbons (Fsp3) is 0.286. The van der Waals surface area contributed by atoms with E-state index in [1.54, 1.807) is 12.4 Å². The molecule has 92 valence electrons. The molecular weight excluding hydrogens is 246 g/mol. The van der Waals surface area contributed by atoms with Gasteiger partial charge in [-0.25, -0.2) is 4.98 Å². The second-order valence-electron chi connectivity index (χ2n) is 4.52. The van der Waals surface area contributed by atoms with Gasteiger partial charge in [-0.3, -0.25) is 4.98 Å². The van der Waals surface area contributed by atoms with Crippen LogP contribution in [0, 0.1) is 0 Å². The Morgan fingerprint density at radius 1 is 1.22 bits per heavy atom. The molecule has 1 atom stereocenters. The largest absolute Gasteiger partial charge is 0.362 e. The zero-order chi connectivity index (χ0) is 12.4. The molecule has 3 nitrogen and oxygen atoms in total. The third-order valence-corrected chi connectivity index (χ3v) is 3.48. The monoisotopic (exact) mass is 259 g/mol. The summed E-state index contributed by atoms with van der Waals surface area (Å²) in [4.78, 5) is 8.28. The zero-order valence-electron chi connectivity index (χ0n) is 9.94. The average Bonchev–Trinajstić information content (AvgIpc) is 2.39. The maximum Gasteiger partial charge on any atom is 0.149 e. The van der Waals surface area contributed by atoms with Crippen LogP contribution in [-0.2, 0) is 6.42 Å². The smallest absolute Gasteiger partial charge is 0.149 e. The number of hydrogen-bond donors (Lipinski definition) is 1. The van der Waals surface area contributed by atoms with E-state index in [2.05, 4.69) is 39.6 Å². The molecule has 0 spiro atoms. The molecular formula is C14H14ClN3. The molecule has 0 radical (unpaired) electrons. The van der Waals surface area contributed by atoms with Gasteiger partial charge in [0.25, 0.3) is 0 Å². The number of anilines is 1. The summed E-state index contributed by atoms with van der Waals surface area (Å²) < 4.78 is 0. The van der Waals surface area contributed by atoms with Crippen LogP contribution < -0.4 is 5.32 Å². The number of rotatable bonds is 2. The van der Waals surface area contributed by atoms with Gasteiger partial charge in [-0.1, -0.05) is 35.9 Å². The summed E-state index contributed by atoms with van der Waals surface area (Å²) in [7, 11) is 0. The van der Waals surface area contributed by atoms with E-state index in [1.165, 1.54) is 17.5 Å². The fourth-order valence-corrected chi connectivity index (χ4v) is 2.64. The SMILES string of the molecule is Clc1cncc(N[C@@H]2CCCc3ccccc32)n1. The molecule has 0 unspecified atom stereocenters. The van der Waals surface area contributed by atoms with Gasteiger partial charge in [0.1, 0.15) is 11.0 Å². The number of nitrogens with one attached hydrogen (secondary N) is 1. The first-order valence-electron chi connectivity index (χ1n) is 6.15. The molecule has 4 heteroatoms. The molecule has 1 N–H and O–H groups in total. The summed E-state index contributed by atoms with van der Waals surface area (Å²) in [6.45, 7) is 0. The fourth-order valence-electron chi connectivity index (χ4n) is 2.49. The van der Waals surface area contributed by atoms with Crippen LogP contribution in [0.5, 0.6) is 0 Å². The van der Waals surface area contributed by atoms with Gasteiger partial charge in [-0.15, -0.1) is 0 Å². The van der Waals surface area contributed by atoms with E-state index in [-0.39, 0.29) is 0 Å². The van der Waals surface area contributed by atoms with Crippen LogP contribution in [0.15, 0.2) is 36.7 Å². The first kappa shape index (κ1) is 11.5. The van der Waals surface area contributed by atoms with Crippen molar-refractivity contribution < 1.29 is 0 Å². The van der Waals surface area contributed by atoms with E-state index in [0.717, 1.165) is 18.7 Å². The molecule has 1 aliphatic rings. The van der Waals surface area contributed by atoms with E-state index in [9.17, 15) is 0 Å². The lowest BCUT2D eigenvalue weighted by Crippen LogP contribution is -2.17. The maximum absolute atomic E-state index is 5.85. The van der Waals surface area contributed by atoms with Gasteiger partial charge < -0.3 is 5.32 Å². The molecule has 0 bridgehead atoms. The van der Waals surface area contributed by atoms with Crippen molar-refractivity contribution in [2.45, 2.75) is 25.3 Å². The minimum Gasteiger partial charge on any atom is -0.362 e. The van der Waals surface area contributed by atoms with Crippen LogP contribution >= 0.6 is 11.6 Å². The lowest BCUT2D eigenvalue weighted by atomic mass is 9.88. The Hall–Kier alpha value is -1.61. The molecule has 0 amide bonds. The Kier molecular flexibility index (Phi) is 3.15. The van der Waals surface area contributed by atoms with Crippen molar-refractivity contribution in [2.24, 2.45) is 0 Å². The van der Waals surface area contributed by atoms with Crippen molar-refractivity contribution in [3.05, 3.63) is 52.9 Å². The Balaban J connectivity index is 1.86. The van der Waals surface area contributed by atoms with E-state index >= 15 is 0 Å². The van der Waals surface area contributed by atoms with Crippen LogP contribution in [0.1, 0.15) is 30.0 Å². The Morgan fingerprint density at radius 3 is 3.00 bits per heavy atom. The third kappa shape index (κ3) is 2.31. The molecule has 0 saturated heterocycles. The molecule has 1 aromatic carbocycles. The van der Waals surface area contributed by atoms with E-state index in [4.69, 9.17) is 11.6 Å². The molecule has 0 aliphatic heterocycles. The minimum absolute atomic E-state index is 0.308. The van der Waals surface area contributed by atoms with Crippen LogP contribution in [-0.4, -0.2) is 9.97 Å².